The number of ether oxygens (including phenoxy) is 3. The van der Waals surface area contributed by atoms with Crippen LogP contribution in [0.25, 0.3) is 11.4 Å². The molecule has 0 atom stereocenters. The third-order valence-electron chi connectivity index (χ3n) is 4.64. The van der Waals surface area contributed by atoms with Crippen LogP contribution in [0.4, 0.5) is 4.39 Å². The van der Waals surface area contributed by atoms with E-state index in [2.05, 4.69) is 10.1 Å². The monoisotopic (exact) mass is 448 g/mol. The van der Waals surface area contributed by atoms with Crippen molar-refractivity contribution in [1.29, 1.82) is 0 Å². The van der Waals surface area contributed by atoms with Crippen LogP contribution >= 0.6 is 0 Å². The molecule has 0 bridgehead atoms. The Morgan fingerprint density at radius 1 is 0.909 bits per heavy atom. The van der Waals surface area contributed by atoms with Gasteiger partial charge < -0.3 is 18.7 Å². The van der Waals surface area contributed by atoms with Crippen molar-refractivity contribution < 1.29 is 27.9 Å². The highest BCUT2D eigenvalue weighted by molar-refractivity contribution is 5.92. The van der Waals surface area contributed by atoms with Crippen LogP contribution in [0.3, 0.4) is 0 Å². The fourth-order valence-corrected chi connectivity index (χ4v) is 3.06. The minimum absolute atomic E-state index is 0.148. The molecule has 0 N–H and O–H groups in total. The summed E-state index contributed by atoms with van der Waals surface area (Å²) in [5, 5.41) is 3.96. The summed E-state index contributed by atoms with van der Waals surface area (Å²) < 4.78 is 35.0. The summed E-state index contributed by atoms with van der Waals surface area (Å²) in [7, 11) is 0. The van der Waals surface area contributed by atoms with Gasteiger partial charge in [-0.1, -0.05) is 41.6 Å². The molecule has 168 valence electrons. The third-order valence-corrected chi connectivity index (χ3v) is 4.64. The molecule has 1 heterocycles. The van der Waals surface area contributed by atoms with Gasteiger partial charge in [0.2, 0.25) is 5.82 Å². The lowest BCUT2D eigenvalue weighted by Gasteiger charge is -2.10. The van der Waals surface area contributed by atoms with E-state index in [4.69, 9.17) is 18.7 Å². The van der Waals surface area contributed by atoms with Gasteiger partial charge in [0.05, 0.1) is 12.2 Å². The minimum atomic E-state index is -0.598. The number of benzene rings is 3. The summed E-state index contributed by atoms with van der Waals surface area (Å²) in [6.45, 7) is 2.37. The molecule has 0 saturated carbocycles. The zero-order valence-corrected chi connectivity index (χ0v) is 17.9. The number of esters is 1. The Labute approximate surface area is 189 Å². The molecule has 8 heteroatoms. The van der Waals surface area contributed by atoms with E-state index < -0.39 is 5.97 Å². The SMILES string of the molecule is CCOc1ccccc1-c1noc(COC(=O)c2ccccc2OCc2ccc(F)cc2)n1. The number of carbonyl (C=O) groups excluding carboxylic acids is 1. The topological polar surface area (TPSA) is 83.7 Å². The van der Waals surface area contributed by atoms with Crippen LogP contribution < -0.4 is 9.47 Å². The molecule has 4 aromatic rings. The zero-order valence-electron chi connectivity index (χ0n) is 17.9. The molecular formula is C25H21FN2O5. The normalized spacial score (nSPS) is 10.6. The van der Waals surface area contributed by atoms with Crippen LogP contribution in [0.1, 0.15) is 28.7 Å². The number of hydrogen-bond acceptors (Lipinski definition) is 7. The Morgan fingerprint density at radius 2 is 1.64 bits per heavy atom. The molecule has 0 aliphatic rings. The number of hydrogen-bond donors (Lipinski definition) is 0. The van der Waals surface area contributed by atoms with Crippen molar-refractivity contribution in [1.82, 2.24) is 10.1 Å². The predicted molar refractivity (Wildman–Crippen MR) is 117 cm³/mol. The maximum absolute atomic E-state index is 13.1. The highest BCUT2D eigenvalue weighted by atomic mass is 19.1. The van der Waals surface area contributed by atoms with E-state index in [1.54, 1.807) is 36.4 Å². The van der Waals surface area contributed by atoms with Gasteiger partial charge in [0.25, 0.3) is 5.89 Å². The molecular weight excluding hydrogens is 427 g/mol. The van der Waals surface area contributed by atoms with Crippen LogP contribution in [0, 0.1) is 5.82 Å². The summed E-state index contributed by atoms with van der Waals surface area (Å²) >= 11 is 0. The van der Waals surface area contributed by atoms with Crippen molar-refractivity contribution in [2.45, 2.75) is 20.1 Å². The standard InChI is InChI=1S/C25H21FN2O5/c1-2-30-21-9-5-3-7-19(21)24-27-23(33-28-24)16-32-25(29)20-8-4-6-10-22(20)31-15-17-11-13-18(26)14-12-17/h3-14H,2,15-16H2,1H3. The summed E-state index contributed by atoms with van der Waals surface area (Å²) in [5.41, 5.74) is 1.70. The van der Waals surface area contributed by atoms with Gasteiger partial charge in [-0.05, 0) is 48.9 Å². The second-order valence-electron chi connectivity index (χ2n) is 6.93. The maximum atomic E-state index is 13.1. The van der Waals surface area contributed by atoms with E-state index in [1.807, 2.05) is 31.2 Å². The average molecular weight is 448 g/mol. The van der Waals surface area contributed by atoms with E-state index in [0.29, 0.717) is 29.5 Å². The fraction of sp³-hybridized carbons (Fsp3) is 0.160. The first-order chi connectivity index (χ1) is 16.1. The molecule has 4 rings (SSSR count). The van der Waals surface area contributed by atoms with Gasteiger partial charge in [0, 0.05) is 0 Å². The van der Waals surface area contributed by atoms with Crippen LogP contribution in [-0.4, -0.2) is 22.7 Å². The van der Waals surface area contributed by atoms with Gasteiger partial charge >= 0.3 is 5.97 Å². The first kappa shape index (κ1) is 22.0. The molecule has 0 saturated heterocycles. The molecule has 33 heavy (non-hydrogen) atoms. The maximum Gasteiger partial charge on any atom is 0.342 e. The van der Waals surface area contributed by atoms with Gasteiger partial charge in [-0.2, -0.15) is 4.98 Å². The molecule has 0 fully saturated rings. The predicted octanol–water partition coefficient (Wildman–Crippen LogP) is 5.21. The first-order valence-corrected chi connectivity index (χ1v) is 10.3. The number of rotatable bonds is 9. The second kappa shape index (κ2) is 10.4. The Bertz CT molecular complexity index is 1220. The minimum Gasteiger partial charge on any atom is -0.493 e. The summed E-state index contributed by atoms with van der Waals surface area (Å²) in [5.74, 6) is 0.551. The second-order valence-corrected chi connectivity index (χ2v) is 6.93. The third kappa shape index (κ3) is 5.54. The van der Waals surface area contributed by atoms with E-state index in [-0.39, 0.29) is 30.5 Å². The van der Waals surface area contributed by atoms with E-state index in [0.717, 1.165) is 5.56 Å². The first-order valence-electron chi connectivity index (χ1n) is 10.3. The molecule has 0 aliphatic heterocycles. The lowest BCUT2D eigenvalue weighted by Crippen LogP contribution is -2.08. The van der Waals surface area contributed by atoms with Crippen molar-refractivity contribution in [3.05, 3.63) is 95.6 Å². The van der Waals surface area contributed by atoms with Crippen molar-refractivity contribution in [2.75, 3.05) is 6.61 Å². The lowest BCUT2D eigenvalue weighted by atomic mass is 10.2. The van der Waals surface area contributed by atoms with Crippen molar-refractivity contribution in [2.24, 2.45) is 0 Å². The average Bonchev–Trinajstić information content (AvgIpc) is 3.32. The van der Waals surface area contributed by atoms with Gasteiger partial charge in [-0.25, -0.2) is 9.18 Å². The highest BCUT2D eigenvalue weighted by Crippen LogP contribution is 2.28. The lowest BCUT2D eigenvalue weighted by molar-refractivity contribution is 0.0425. The quantitative estimate of drug-likeness (QED) is 0.325. The smallest absolute Gasteiger partial charge is 0.342 e. The number of aromatic nitrogens is 2. The van der Waals surface area contributed by atoms with Gasteiger partial charge in [-0.15, -0.1) is 0 Å². The number of halogens is 1. The molecule has 0 radical (unpaired) electrons. The number of nitrogens with zero attached hydrogens (tertiary/aromatic N) is 2. The molecule has 0 unspecified atom stereocenters. The highest BCUT2D eigenvalue weighted by Gasteiger charge is 2.17. The Kier molecular flexibility index (Phi) is 6.94. The molecule has 0 amide bonds. The van der Waals surface area contributed by atoms with Crippen LogP contribution in [0.2, 0.25) is 0 Å². The molecule has 1 aromatic heterocycles. The van der Waals surface area contributed by atoms with Crippen LogP contribution in [0.15, 0.2) is 77.3 Å². The molecule has 0 aliphatic carbocycles. The van der Waals surface area contributed by atoms with Crippen LogP contribution in [-0.2, 0) is 18.0 Å². The molecule has 7 nitrogen and oxygen atoms in total. The van der Waals surface area contributed by atoms with Crippen molar-refractivity contribution >= 4 is 5.97 Å². The largest absolute Gasteiger partial charge is 0.493 e. The Morgan fingerprint density at radius 3 is 2.42 bits per heavy atom. The Balaban J connectivity index is 1.40. The summed E-state index contributed by atoms with van der Waals surface area (Å²) in [6, 6.07) is 20.0. The van der Waals surface area contributed by atoms with Gasteiger partial charge in [-0.3, -0.25) is 0 Å². The van der Waals surface area contributed by atoms with Crippen molar-refractivity contribution in [3.63, 3.8) is 0 Å². The van der Waals surface area contributed by atoms with E-state index >= 15 is 0 Å². The zero-order chi connectivity index (χ0) is 23.0. The number of carbonyl (C=O) groups is 1. The van der Waals surface area contributed by atoms with Crippen LogP contribution in [0.5, 0.6) is 11.5 Å². The summed E-state index contributed by atoms with van der Waals surface area (Å²) in [4.78, 5) is 16.9. The molecule has 3 aromatic carbocycles. The Hall–Kier alpha value is -4.20. The summed E-state index contributed by atoms with van der Waals surface area (Å²) in [6.07, 6.45) is 0. The molecule has 0 spiro atoms. The van der Waals surface area contributed by atoms with E-state index in [1.165, 1.54) is 12.1 Å². The van der Waals surface area contributed by atoms with Gasteiger partial charge in [0.1, 0.15) is 29.5 Å². The van der Waals surface area contributed by atoms with Gasteiger partial charge in [0.15, 0.2) is 6.61 Å². The van der Waals surface area contributed by atoms with E-state index in [9.17, 15) is 9.18 Å². The fourth-order valence-electron chi connectivity index (χ4n) is 3.06. The number of para-hydroxylation sites is 2. The van der Waals surface area contributed by atoms with Crippen molar-refractivity contribution in [3.8, 4) is 22.9 Å².